The van der Waals surface area contributed by atoms with Crippen molar-refractivity contribution in [3.05, 3.63) is 0 Å². The first kappa shape index (κ1) is 10.6. The Balaban J connectivity index is 3.82. The van der Waals surface area contributed by atoms with Crippen molar-refractivity contribution in [3.63, 3.8) is 0 Å². The monoisotopic (exact) mass is 326 g/mol. The Labute approximate surface area is 77.4 Å². The zero-order valence-electron chi connectivity index (χ0n) is 6.43. The van der Waals surface area contributed by atoms with Gasteiger partial charge in [-0.3, -0.25) is 0 Å². The van der Waals surface area contributed by atoms with E-state index in [9.17, 15) is 0 Å². The van der Waals surface area contributed by atoms with Crippen molar-refractivity contribution in [1.29, 1.82) is 0 Å². The predicted octanol–water partition coefficient (Wildman–Crippen LogP) is 1.73. The first-order valence-corrected chi connectivity index (χ1v) is 10.6. The van der Waals surface area contributed by atoms with Gasteiger partial charge in [-0.15, -0.1) is 0 Å². The van der Waals surface area contributed by atoms with Crippen molar-refractivity contribution in [2.75, 3.05) is 0 Å². The van der Waals surface area contributed by atoms with Crippen molar-refractivity contribution in [3.8, 4) is 0 Å². The fourth-order valence-electron chi connectivity index (χ4n) is 0.683. The standard InChI is InChI=1S/C6H14Se3/c1-5-6(7-2,8-3)9-4/h5H2,1-4H3. The molecule has 0 aliphatic rings. The molecule has 9 heavy (non-hydrogen) atoms. The Hall–Kier alpha value is 1.56. The number of hydrogen-bond acceptors (Lipinski definition) is 0. The molecule has 0 atom stereocenters. The average molecular weight is 323 g/mol. The molecule has 0 aromatic rings. The van der Waals surface area contributed by atoms with Crippen LogP contribution in [0.4, 0.5) is 0 Å². The van der Waals surface area contributed by atoms with Crippen LogP contribution >= 0.6 is 0 Å². The summed E-state index contributed by atoms with van der Waals surface area (Å²) in [5, 5.41) is 0. The quantitative estimate of drug-likeness (QED) is 0.692. The third-order valence-electron chi connectivity index (χ3n) is 1.37. The van der Waals surface area contributed by atoms with E-state index in [4.69, 9.17) is 0 Å². The van der Waals surface area contributed by atoms with Crippen molar-refractivity contribution < 1.29 is 0 Å². The van der Waals surface area contributed by atoms with E-state index >= 15 is 0 Å². The predicted molar refractivity (Wildman–Crippen MR) is 47.8 cm³/mol. The summed E-state index contributed by atoms with van der Waals surface area (Å²) >= 11 is 2.68. The molecule has 0 aromatic carbocycles. The van der Waals surface area contributed by atoms with E-state index in [0.717, 1.165) is 47.0 Å². The zero-order valence-corrected chi connectivity index (χ0v) is 11.6. The molecule has 0 rings (SSSR count). The van der Waals surface area contributed by atoms with Crippen LogP contribution in [0.2, 0.25) is 19.6 Å². The SMILES string of the molecule is CCC([Se]C)([Se]C)[Se]C. The molecule has 0 radical (unpaired) electrons. The molecule has 0 bridgehead atoms. The molecule has 0 aromatic heterocycles. The number of hydrogen-bond donors (Lipinski definition) is 0. The molecule has 0 aliphatic heterocycles. The van der Waals surface area contributed by atoms with Crippen LogP contribution in [-0.4, -0.2) is 44.9 Å². The van der Waals surface area contributed by atoms with Gasteiger partial charge in [0.05, 0.1) is 0 Å². The van der Waals surface area contributed by atoms with Crippen molar-refractivity contribution in [1.82, 2.24) is 0 Å². The van der Waals surface area contributed by atoms with Crippen LogP contribution in [0.25, 0.3) is 0 Å². The first-order valence-electron chi connectivity index (χ1n) is 2.90. The summed E-state index contributed by atoms with van der Waals surface area (Å²) in [5.41, 5.74) is 0. The van der Waals surface area contributed by atoms with Gasteiger partial charge in [0.1, 0.15) is 0 Å². The van der Waals surface area contributed by atoms with E-state index in [0.29, 0.717) is 0 Å². The van der Waals surface area contributed by atoms with E-state index in [1.54, 1.807) is 0 Å². The third kappa shape index (κ3) is 2.97. The minimum atomic E-state index is 0.854. The fraction of sp³-hybridized carbons (Fsp3) is 1.00. The van der Waals surface area contributed by atoms with E-state index in [1.807, 2.05) is 0 Å². The molecule has 56 valence electrons. The summed E-state index contributed by atoms with van der Waals surface area (Å²) in [6.07, 6.45) is 1.43. The zero-order chi connectivity index (χ0) is 7.33. The van der Waals surface area contributed by atoms with Gasteiger partial charge >= 0.3 is 77.8 Å². The van der Waals surface area contributed by atoms with Gasteiger partial charge in [-0.05, 0) is 0 Å². The summed E-state index contributed by atoms with van der Waals surface area (Å²) in [6, 6.07) is 0. The van der Waals surface area contributed by atoms with Crippen LogP contribution < -0.4 is 0 Å². The molecular formula is C6H14Se3. The Kier molecular flexibility index (Phi) is 6.15. The Morgan fingerprint density at radius 1 is 1.00 bits per heavy atom. The van der Waals surface area contributed by atoms with Crippen LogP contribution in [0.15, 0.2) is 0 Å². The van der Waals surface area contributed by atoms with E-state index < -0.39 is 0 Å². The molecule has 0 saturated carbocycles. The average Bonchev–Trinajstić information content (AvgIpc) is 1.95. The molecule has 0 aliphatic carbocycles. The van der Waals surface area contributed by atoms with Crippen LogP contribution in [-0.2, 0) is 0 Å². The molecule has 0 nitrogen and oxygen atoms in total. The van der Waals surface area contributed by atoms with Gasteiger partial charge in [0, 0.05) is 0 Å². The van der Waals surface area contributed by atoms with E-state index in [2.05, 4.69) is 24.4 Å². The summed E-state index contributed by atoms with van der Waals surface area (Å²) in [6.45, 7) is 2.35. The van der Waals surface area contributed by atoms with Gasteiger partial charge in [-0.2, -0.15) is 0 Å². The van der Waals surface area contributed by atoms with Gasteiger partial charge in [-0.1, -0.05) is 0 Å². The Bertz CT molecular complexity index is 51.2. The van der Waals surface area contributed by atoms with Crippen molar-refractivity contribution >= 4 is 44.9 Å². The fourth-order valence-corrected chi connectivity index (χ4v) is 9.00. The number of rotatable bonds is 4. The summed E-state index contributed by atoms with van der Waals surface area (Å²) in [4.78, 5) is 0. The second kappa shape index (κ2) is 5.24. The second-order valence-electron chi connectivity index (χ2n) is 1.65. The molecule has 0 heterocycles. The maximum absolute atomic E-state index is 2.40. The molecular weight excluding hydrogens is 309 g/mol. The Morgan fingerprint density at radius 3 is 1.33 bits per heavy atom. The molecule has 0 saturated heterocycles. The van der Waals surface area contributed by atoms with Crippen LogP contribution in [0, 0.1) is 0 Å². The van der Waals surface area contributed by atoms with Crippen molar-refractivity contribution in [2.24, 2.45) is 0 Å². The van der Waals surface area contributed by atoms with Gasteiger partial charge in [0.2, 0.25) is 0 Å². The molecule has 0 N–H and O–H groups in total. The van der Waals surface area contributed by atoms with E-state index in [-0.39, 0.29) is 0 Å². The van der Waals surface area contributed by atoms with Crippen LogP contribution in [0.5, 0.6) is 0 Å². The topological polar surface area (TPSA) is 0 Å². The summed E-state index contributed by atoms with van der Waals surface area (Å²) in [5.74, 6) is 7.19. The second-order valence-corrected chi connectivity index (χ2v) is 12.5. The molecule has 0 spiro atoms. The molecule has 0 fully saturated rings. The van der Waals surface area contributed by atoms with Gasteiger partial charge < -0.3 is 0 Å². The first-order chi connectivity index (χ1) is 4.24. The van der Waals surface area contributed by atoms with Crippen LogP contribution in [0.3, 0.4) is 0 Å². The normalized spacial score (nSPS) is 12.0. The van der Waals surface area contributed by atoms with Gasteiger partial charge in [-0.25, -0.2) is 0 Å². The van der Waals surface area contributed by atoms with E-state index in [1.165, 1.54) is 6.42 Å². The Morgan fingerprint density at radius 2 is 1.33 bits per heavy atom. The van der Waals surface area contributed by atoms with Gasteiger partial charge in [0.25, 0.3) is 0 Å². The molecule has 0 unspecified atom stereocenters. The minimum absolute atomic E-state index is 0.854. The van der Waals surface area contributed by atoms with Crippen molar-refractivity contribution in [2.45, 2.75) is 32.9 Å². The molecule has 3 heteroatoms. The molecule has 0 amide bonds. The van der Waals surface area contributed by atoms with Crippen LogP contribution in [0.1, 0.15) is 13.3 Å². The summed E-state index contributed by atoms with van der Waals surface area (Å²) < 4.78 is 0.854. The summed E-state index contributed by atoms with van der Waals surface area (Å²) in [7, 11) is 0. The third-order valence-corrected chi connectivity index (χ3v) is 18.0. The van der Waals surface area contributed by atoms with Gasteiger partial charge in [0.15, 0.2) is 0 Å². The maximum atomic E-state index is 2.40.